The van der Waals surface area contributed by atoms with Crippen molar-refractivity contribution in [2.24, 2.45) is 0 Å². The second-order valence-corrected chi connectivity index (χ2v) is 4.34. The fourth-order valence-corrected chi connectivity index (χ4v) is 2.24. The van der Waals surface area contributed by atoms with Crippen LogP contribution in [0, 0.1) is 13.8 Å². The molecular weight excluding hydrogens is 208 g/mol. The molecule has 0 fully saturated rings. The topological polar surface area (TPSA) is 17.3 Å². The van der Waals surface area contributed by atoms with Crippen molar-refractivity contribution in [1.82, 2.24) is 9.38 Å². The number of pyridine rings is 1. The summed E-state index contributed by atoms with van der Waals surface area (Å²) >= 11 is 0. The Bertz CT molecular complexity index is 666. The molecule has 3 rings (SSSR count). The summed E-state index contributed by atoms with van der Waals surface area (Å²) in [6, 6.07) is 14.6. The Kier molecular flexibility index (Phi) is 2.22. The summed E-state index contributed by atoms with van der Waals surface area (Å²) in [6.07, 6.45) is 2.09. The van der Waals surface area contributed by atoms with Gasteiger partial charge in [0, 0.05) is 6.20 Å². The molecule has 0 bridgehead atoms. The number of imidazole rings is 1. The van der Waals surface area contributed by atoms with E-state index in [4.69, 9.17) is 0 Å². The van der Waals surface area contributed by atoms with Crippen molar-refractivity contribution in [1.29, 1.82) is 0 Å². The van der Waals surface area contributed by atoms with Gasteiger partial charge in [0.25, 0.3) is 0 Å². The number of fused-ring (bicyclic) bond motifs is 1. The lowest BCUT2D eigenvalue weighted by Crippen LogP contribution is -1.93. The van der Waals surface area contributed by atoms with Crippen LogP contribution >= 0.6 is 0 Å². The summed E-state index contributed by atoms with van der Waals surface area (Å²) in [7, 11) is 0. The smallest absolute Gasteiger partial charge is 0.137 e. The Balaban J connectivity index is 2.38. The highest BCUT2D eigenvalue weighted by Gasteiger charge is 2.07. The number of aromatic nitrogens is 2. The Morgan fingerprint density at radius 2 is 1.71 bits per heavy atom. The monoisotopic (exact) mass is 222 g/mol. The lowest BCUT2D eigenvalue weighted by Gasteiger charge is -2.09. The third kappa shape index (κ3) is 1.62. The average molecular weight is 222 g/mol. The summed E-state index contributed by atoms with van der Waals surface area (Å²) in [6.45, 7) is 4.16. The Labute approximate surface area is 101 Å². The maximum absolute atomic E-state index is 4.50. The minimum atomic E-state index is 1.01. The molecule has 2 aromatic heterocycles. The summed E-state index contributed by atoms with van der Waals surface area (Å²) in [4.78, 5) is 4.50. The van der Waals surface area contributed by atoms with Gasteiger partial charge < -0.3 is 0 Å². The maximum atomic E-state index is 4.50. The van der Waals surface area contributed by atoms with E-state index in [2.05, 4.69) is 58.9 Å². The van der Waals surface area contributed by atoms with Gasteiger partial charge >= 0.3 is 0 Å². The molecule has 0 saturated carbocycles. The number of hydrogen-bond donors (Lipinski definition) is 0. The van der Waals surface area contributed by atoms with E-state index < -0.39 is 0 Å². The van der Waals surface area contributed by atoms with Crippen LogP contribution in [0.15, 0.2) is 48.7 Å². The van der Waals surface area contributed by atoms with Gasteiger partial charge in [-0.2, -0.15) is 0 Å². The SMILES string of the molecule is Cc1cn2c(-c3ccccc3)c(C)ccc2n1. The number of aryl methyl sites for hydroxylation is 2. The summed E-state index contributed by atoms with van der Waals surface area (Å²) in [5.41, 5.74) is 5.78. The first-order valence-corrected chi connectivity index (χ1v) is 5.76. The van der Waals surface area contributed by atoms with Gasteiger partial charge in [-0.1, -0.05) is 36.4 Å². The fourth-order valence-electron chi connectivity index (χ4n) is 2.24. The first-order valence-electron chi connectivity index (χ1n) is 5.76. The molecule has 84 valence electrons. The molecule has 2 nitrogen and oxygen atoms in total. The van der Waals surface area contributed by atoms with Gasteiger partial charge in [-0.3, -0.25) is 4.40 Å². The normalized spacial score (nSPS) is 10.9. The van der Waals surface area contributed by atoms with Crippen LogP contribution in [-0.2, 0) is 0 Å². The van der Waals surface area contributed by atoms with Crippen molar-refractivity contribution in [3.63, 3.8) is 0 Å². The molecule has 0 saturated heterocycles. The zero-order valence-corrected chi connectivity index (χ0v) is 10.0. The van der Waals surface area contributed by atoms with Crippen molar-refractivity contribution in [3.8, 4) is 11.3 Å². The maximum Gasteiger partial charge on any atom is 0.137 e. The molecule has 0 N–H and O–H groups in total. The quantitative estimate of drug-likeness (QED) is 0.614. The first kappa shape index (κ1) is 10.1. The predicted molar refractivity (Wildman–Crippen MR) is 70.1 cm³/mol. The van der Waals surface area contributed by atoms with Crippen LogP contribution in [0.2, 0.25) is 0 Å². The van der Waals surface area contributed by atoms with Crippen LogP contribution < -0.4 is 0 Å². The summed E-state index contributed by atoms with van der Waals surface area (Å²) in [5.74, 6) is 0. The second-order valence-electron chi connectivity index (χ2n) is 4.34. The zero-order chi connectivity index (χ0) is 11.8. The van der Waals surface area contributed by atoms with E-state index in [1.54, 1.807) is 0 Å². The molecule has 0 atom stereocenters. The molecule has 17 heavy (non-hydrogen) atoms. The van der Waals surface area contributed by atoms with E-state index >= 15 is 0 Å². The highest BCUT2D eigenvalue weighted by molar-refractivity contribution is 5.67. The number of nitrogens with zero attached hydrogens (tertiary/aromatic N) is 2. The van der Waals surface area contributed by atoms with Crippen molar-refractivity contribution in [2.75, 3.05) is 0 Å². The minimum Gasteiger partial charge on any atom is -0.299 e. The molecule has 0 spiro atoms. The van der Waals surface area contributed by atoms with Crippen LogP contribution in [0.5, 0.6) is 0 Å². The minimum absolute atomic E-state index is 1.01. The molecule has 2 heterocycles. The van der Waals surface area contributed by atoms with Crippen molar-refractivity contribution >= 4 is 5.65 Å². The van der Waals surface area contributed by atoms with Crippen LogP contribution in [0.4, 0.5) is 0 Å². The third-order valence-corrected chi connectivity index (χ3v) is 3.00. The van der Waals surface area contributed by atoms with Gasteiger partial charge in [0.05, 0.1) is 11.4 Å². The molecular formula is C15H14N2. The van der Waals surface area contributed by atoms with Crippen LogP contribution in [0.1, 0.15) is 11.3 Å². The number of hydrogen-bond acceptors (Lipinski definition) is 1. The molecule has 0 unspecified atom stereocenters. The van der Waals surface area contributed by atoms with Gasteiger partial charge in [-0.15, -0.1) is 0 Å². The number of benzene rings is 1. The molecule has 0 aliphatic rings. The Morgan fingerprint density at radius 1 is 0.941 bits per heavy atom. The second kappa shape index (κ2) is 3.74. The molecule has 1 aromatic carbocycles. The fraction of sp³-hybridized carbons (Fsp3) is 0.133. The largest absolute Gasteiger partial charge is 0.299 e. The van der Waals surface area contributed by atoms with Gasteiger partial charge in [0.2, 0.25) is 0 Å². The summed E-state index contributed by atoms with van der Waals surface area (Å²) in [5, 5.41) is 0. The number of rotatable bonds is 1. The first-order chi connectivity index (χ1) is 8.25. The van der Waals surface area contributed by atoms with Crippen molar-refractivity contribution < 1.29 is 0 Å². The van der Waals surface area contributed by atoms with Gasteiger partial charge in [-0.05, 0) is 31.0 Å². The highest BCUT2D eigenvalue weighted by Crippen LogP contribution is 2.24. The lowest BCUT2D eigenvalue weighted by atomic mass is 10.1. The summed E-state index contributed by atoms with van der Waals surface area (Å²) < 4.78 is 2.17. The van der Waals surface area contributed by atoms with Crippen LogP contribution in [0.3, 0.4) is 0 Å². The predicted octanol–water partition coefficient (Wildman–Crippen LogP) is 3.62. The molecule has 0 aliphatic carbocycles. The van der Waals surface area contributed by atoms with Crippen molar-refractivity contribution in [3.05, 3.63) is 59.9 Å². The molecule has 0 amide bonds. The zero-order valence-electron chi connectivity index (χ0n) is 10.0. The third-order valence-electron chi connectivity index (χ3n) is 3.00. The van der Waals surface area contributed by atoms with Gasteiger partial charge in [-0.25, -0.2) is 4.98 Å². The molecule has 0 radical (unpaired) electrons. The standard InChI is InChI=1S/C15H14N2/c1-11-8-9-14-16-12(2)10-17(14)15(11)13-6-4-3-5-7-13/h3-10H,1-2H3. The highest BCUT2D eigenvalue weighted by atomic mass is 15.0. The molecule has 3 aromatic rings. The Morgan fingerprint density at radius 3 is 2.47 bits per heavy atom. The van der Waals surface area contributed by atoms with E-state index in [-0.39, 0.29) is 0 Å². The van der Waals surface area contributed by atoms with Crippen LogP contribution in [-0.4, -0.2) is 9.38 Å². The average Bonchev–Trinajstić information content (AvgIpc) is 2.70. The van der Waals surface area contributed by atoms with E-state index in [9.17, 15) is 0 Å². The van der Waals surface area contributed by atoms with Gasteiger partial charge in [0.1, 0.15) is 5.65 Å². The van der Waals surface area contributed by atoms with Crippen LogP contribution in [0.25, 0.3) is 16.9 Å². The lowest BCUT2D eigenvalue weighted by molar-refractivity contribution is 1.16. The van der Waals surface area contributed by atoms with E-state index in [1.807, 2.05) is 13.0 Å². The van der Waals surface area contributed by atoms with E-state index in [0.29, 0.717) is 0 Å². The van der Waals surface area contributed by atoms with E-state index in [0.717, 1.165) is 11.3 Å². The Hall–Kier alpha value is -2.09. The molecule has 2 heteroatoms. The molecule has 0 aliphatic heterocycles. The van der Waals surface area contributed by atoms with Gasteiger partial charge in [0.15, 0.2) is 0 Å². The van der Waals surface area contributed by atoms with Crippen molar-refractivity contribution in [2.45, 2.75) is 13.8 Å². The van der Waals surface area contributed by atoms with E-state index in [1.165, 1.54) is 16.8 Å².